The van der Waals surface area contributed by atoms with E-state index < -0.39 is 22.1 Å². The number of aliphatic hydroxyl groups excluding tert-OH is 1. The van der Waals surface area contributed by atoms with Crippen LogP contribution in [0.5, 0.6) is 11.5 Å². The van der Waals surface area contributed by atoms with Crippen LogP contribution in [0.3, 0.4) is 0 Å². The van der Waals surface area contributed by atoms with Gasteiger partial charge in [0.2, 0.25) is 10.0 Å². The van der Waals surface area contributed by atoms with Crippen molar-refractivity contribution in [2.75, 3.05) is 37.8 Å². The van der Waals surface area contributed by atoms with E-state index in [-0.39, 0.29) is 18.0 Å². The fourth-order valence-electron chi connectivity index (χ4n) is 3.44. The van der Waals surface area contributed by atoms with Crippen molar-refractivity contribution >= 4 is 27.8 Å². The number of hydrogen-bond donors (Lipinski definition) is 4. The van der Waals surface area contributed by atoms with Crippen molar-refractivity contribution in [1.82, 2.24) is 5.32 Å². The highest BCUT2D eigenvalue weighted by atomic mass is 32.2. The number of phenolic OH excluding ortho intramolecular Hbond substituents is 1. The van der Waals surface area contributed by atoms with Gasteiger partial charge in [0.25, 0.3) is 0 Å². The van der Waals surface area contributed by atoms with E-state index in [0.717, 1.165) is 22.9 Å². The first-order chi connectivity index (χ1) is 17.6. The second-order valence-corrected chi connectivity index (χ2v) is 9.97. The predicted octanol–water partition coefficient (Wildman–Crippen LogP) is 3.32. The van der Waals surface area contributed by atoms with Gasteiger partial charge in [0, 0.05) is 19.2 Å². The van der Waals surface area contributed by atoms with Gasteiger partial charge in [-0.2, -0.15) is 0 Å². The van der Waals surface area contributed by atoms with Crippen LogP contribution in [0.15, 0.2) is 72.8 Å². The van der Waals surface area contributed by atoms with Crippen LogP contribution in [-0.2, 0) is 19.6 Å². The first kappa shape index (κ1) is 27.7. The highest BCUT2D eigenvalue weighted by Gasteiger charge is 2.13. The van der Waals surface area contributed by atoms with E-state index >= 15 is 0 Å². The molecule has 0 fully saturated rings. The average Bonchev–Trinajstić information content (AvgIpc) is 2.88. The van der Waals surface area contributed by atoms with E-state index in [1.165, 1.54) is 31.4 Å². The summed E-state index contributed by atoms with van der Waals surface area (Å²) >= 11 is 0. The van der Waals surface area contributed by atoms with Gasteiger partial charge in [-0.05, 0) is 58.7 Å². The van der Waals surface area contributed by atoms with Gasteiger partial charge in [0.15, 0.2) is 0 Å². The van der Waals surface area contributed by atoms with Crippen LogP contribution >= 0.6 is 0 Å². The zero-order valence-corrected chi connectivity index (χ0v) is 21.4. The third-order valence-electron chi connectivity index (χ3n) is 5.27. The average molecular weight is 527 g/mol. The van der Waals surface area contributed by atoms with Crippen LogP contribution in [0.1, 0.15) is 17.2 Å². The Morgan fingerprint density at radius 2 is 1.81 bits per heavy atom. The third kappa shape index (κ3) is 8.94. The molecule has 0 aliphatic carbocycles. The predicted molar refractivity (Wildman–Crippen MR) is 143 cm³/mol. The summed E-state index contributed by atoms with van der Waals surface area (Å²) in [6.07, 6.45) is 3.15. The molecule has 10 heteroatoms. The molecule has 0 aliphatic rings. The van der Waals surface area contributed by atoms with Gasteiger partial charge in [0.05, 0.1) is 25.2 Å². The maximum atomic E-state index is 11.4. The monoisotopic (exact) mass is 526 g/mol. The maximum absolute atomic E-state index is 11.4. The summed E-state index contributed by atoms with van der Waals surface area (Å²) in [6.45, 7) is 1.06. The molecule has 1 atom stereocenters. The summed E-state index contributed by atoms with van der Waals surface area (Å²) in [5, 5.41) is 23.3. The van der Waals surface area contributed by atoms with Crippen molar-refractivity contribution in [3.8, 4) is 22.6 Å². The molecule has 0 saturated heterocycles. The summed E-state index contributed by atoms with van der Waals surface area (Å²) in [7, 11) is -2.23. The summed E-state index contributed by atoms with van der Waals surface area (Å²) in [6, 6.07) is 19.6. The molecule has 9 nitrogen and oxygen atoms in total. The number of sulfonamides is 1. The number of rotatable bonds is 12. The minimum Gasteiger partial charge on any atom is -0.506 e. The number of ether oxygens (including phenoxy) is 2. The van der Waals surface area contributed by atoms with Crippen LogP contribution < -0.4 is 14.8 Å². The lowest BCUT2D eigenvalue weighted by atomic mass is 10.0. The molecular weight excluding hydrogens is 496 g/mol. The second kappa shape index (κ2) is 12.9. The molecule has 0 radical (unpaired) electrons. The Morgan fingerprint density at radius 3 is 2.51 bits per heavy atom. The van der Waals surface area contributed by atoms with Gasteiger partial charge in [-0.15, -0.1) is 0 Å². The Balaban J connectivity index is 1.47. The molecule has 0 saturated carbocycles. The van der Waals surface area contributed by atoms with Gasteiger partial charge in [-0.3, -0.25) is 4.72 Å². The van der Waals surface area contributed by atoms with Crippen molar-refractivity contribution in [2.24, 2.45) is 0 Å². The molecule has 0 spiro atoms. The first-order valence-electron chi connectivity index (χ1n) is 11.4. The number of anilines is 1. The molecule has 0 bridgehead atoms. The fourth-order valence-corrected chi connectivity index (χ4v) is 4.00. The van der Waals surface area contributed by atoms with Gasteiger partial charge in [-0.25, -0.2) is 13.2 Å². The summed E-state index contributed by atoms with van der Waals surface area (Å²) in [4.78, 5) is 11.3. The molecule has 0 aliphatic heterocycles. The summed E-state index contributed by atoms with van der Waals surface area (Å²) < 4.78 is 35.4. The van der Waals surface area contributed by atoms with E-state index in [1.807, 2.05) is 48.5 Å². The molecule has 4 N–H and O–H groups in total. The minimum absolute atomic E-state index is 0.00946. The fraction of sp³-hybridized carbons (Fsp3) is 0.222. The van der Waals surface area contributed by atoms with Crippen LogP contribution in [0, 0.1) is 0 Å². The number of carbonyl (C=O) groups excluding carboxylic acids is 1. The second-order valence-electron chi connectivity index (χ2n) is 8.23. The molecule has 3 aromatic rings. The lowest BCUT2D eigenvalue weighted by Gasteiger charge is -2.15. The molecular formula is C27H30N2O7S. The van der Waals surface area contributed by atoms with Crippen molar-refractivity contribution in [1.29, 1.82) is 0 Å². The van der Waals surface area contributed by atoms with Gasteiger partial charge in [0.1, 0.15) is 18.1 Å². The SMILES string of the molecule is COC(=O)C=Cc1cccc(-c2ccc(OCCNCC(O)c3ccc(O)c(NS(C)(=O)=O)c3)cc2)c1. The molecule has 196 valence electrons. The number of methoxy groups -OCH3 is 1. The molecule has 37 heavy (non-hydrogen) atoms. The summed E-state index contributed by atoms with van der Waals surface area (Å²) in [5.74, 6) is 0.0621. The van der Waals surface area contributed by atoms with E-state index in [0.29, 0.717) is 24.5 Å². The van der Waals surface area contributed by atoms with Gasteiger partial charge >= 0.3 is 5.97 Å². The number of aliphatic hydroxyl groups is 1. The van der Waals surface area contributed by atoms with Gasteiger partial charge < -0.3 is 25.0 Å². The Labute approximate surface area is 216 Å². The van der Waals surface area contributed by atoms with Crippen LogP contribution in [-0.4, -0.2) is 57.7 Å². The number of benzene rings is 3. The van der Waals surface area contributed by atoms with Crippen molar-refractivity contribution in [3.05, 3.63) is 83.9 Å². The first-order valence-corrected chi connectivity index (χ1v) is 13.3. The topological polar surface area (TPSA) is 134 Å². The number of esters is 1. The Kier molecular flexibility index (Phi) is 9.67. The zero-order valence-electron chi connectivity index (χ0n) is 20.5. The number of aromatic hydroxyl groups is 1. The number of phenols is 1. The smallest absolute Gasteiger partial charge is 0.330 e. The molecule has 0 heterocycles. The molecule has 3 rings (SSSR count). The molecule has 0 aromatic heterocycles. The number of hydrogen-bond acceptors (Lipinski definition) is 8. The van der Waals surface area contributed by atoms with Crippen LogP contribution in [0.4, 0.5) is 5.69 Å². The molecule has 0 amide bonds. The summed E-state index contributed by atoms with van der Waals surface area (Å²) in [5.41, 5.74) is 3.35. The highest BCUT2D eigenvalue weighted by molar-refractivity contribution is 7.92. The van der Waals surface area contributed by atoms with E-state index in [1.54, 1.807) is 6.08 Å². The minimum atomic E-state index is -3.56. The molecule has 3 aromatic carbocycles. The Bertz CT molecular complexity index is 1340. The highest BCUT2D eigenvalue weighted by Crippen LogP contribution is 2.28. The standard InChI is InChI=1S/C27H30N2O7S/c1-35-27(32)13-6-19-4-3-5-21(16-19)20-7-10-23(11-8-20)36-15-14-28-18-26(31)22-9-12-25(30)24(17-22)29-37(2,33)34/h3-13,16-17,26,28-31H,14-15,18H2,1-2H3. The number of nitrogens with one attached hydrogen (secondary N) is 2. The lowest BCUT2D eigenvalue weighted by molar-refractivity contribution is -0.134. The third-order valence-corrected chi connectivity index (χ3v) is 5.86. The quantitative estimate of drug-likeness (QED) is 0.122. The van der Waals surface area contributed by atoms with E-state index in [2.05, 4.69) is 14.8 Å². The zero-order chi connectivity index (χ0) is 26.8. The van der Waals surface area contributed by atoms with Crippen molar-refractivity contribution in [3.63, 3.8) is 0 Å². The van der Waals surface area contributed by atoms with E-state index in [9.17, 15) is 23.4 Å². The van der Waals surface area contributed by atoms with Crippen molar-refractivity contribution < 1.29 is 32.9 Å². The van der Waals surface area contributed by atoms with Gasteiger partial charge in [-0.1, -0.05) is 36.4 Å². The van der Waals surface area contributed by atoms with E-state index in [4.69, 9.17) is 4.74 Å². The number of carbonyl (C=O) groups is 1. The van der Waals surface area contributed by atoms with Crippen LogP contribution in [0.2, 0.25) is 0 Å². The lowest BCUT2D eigenvalue weighted by Crippen LogP contribution is -2.26. The Morgan fingerprint density at radius 1 is 1.05 bits per heavy atom. The Hall–Kier alpha value is -3.86. The maximum Gasteiger partial charge on any atom is 0.330 e. The van der Waals surface area contributed by atoms with Crippen LogP contribution in [0.25, 0.3) is 17.2 Å². The largest absolute Gasteiger partial charge is 0.506 e. The van der Waals surface area contributed by atoms with Crippen molar-refractivity contribution in [2.45, 2.75) is 6.10 Å². The normalized spacial score (nSPS) is 12.3. The molecule has 1 unspecified atom stereocenters.